The standard InChI is InChI=1S/C23H15F13O2/c1-3-13-14(12-8-6-5-7-9-12)10-11-15(17(13)38-16(37)4-2)18(24,25)19(26,27)20(28,29)21(30,31)22(32,33)23(34,35)36/h4-11H,2-3H2,1H3. The maximum atomic E-state index is 15.0. The van der Waals surface area contributed by atoms with E-state index >= 15 is 8.78 Å². The van der Waals surface area contributed by atoms with E-state index < -0.39 is 65.1 Å². The lowest BCUT2D eigenvalue weighted by atomic mass is 9.87. The van der Waals surface area contributed by atoms with Gasteiger partial charge < -0.3 is 4.74 Å². The Bertz CT molecular complexity index is 1190. The summed E-state index contributed by atoms with van der Waals surface area (Å²) in [4.78, 5) is 11.8. The number of benzene rings is 2. The number of alkyl halides is 13. The molecule has 0 aliphatic rings. The average Bonchev–Trinajstić information content (AvgIpc) is 2.82. The summed E-state index contributed by atoms with van der Waals surface area (Å²) in [5.41, 5.74) is -2.76. The molecule has 0 atom stereocenters. The lowest BCUT2D eigenvalue weighted by Gasteiger charge is -2.40. The van der Waals surface area contributed by atoms with Crippen molar-refractivity contribution in [1.82, 2.24) is 0 Å². The first-order valence-corrected chi connectivity index (χ1v) is 10.1. The Kier molecular flexibility index (Phi) is 7.99. The van der Waals surface area contributed by atoms with Gasteiger partial charge >= 0.3 is 41.8 Å². The fourth-order valence-corrected chi connectivity index (χ4v) is 3.31. The van der Waals surface area contributed by atoms with E-state index in [-0.39, 0.29) is 17.2 Å². The summed E-state index contributed by atoms with van der Waals surface area (Å²) in [6, 6.07) is 7.73. The number of halogens is 13. The van der Waals surface area contributed by atoms with Gasteiger partial charge in [0, 0.05) is 11.6 Å². The van der Waals surface area contributed by atoms with Gasteiger partial charge in [0.15, 0.2) is 0 Å². The molecule has 0 spiro atoms. The first-order valence-electron chi connectivity index (χ1n) is 10.1. The summed E-state index contributed by atoms with van der Waals surface area (Å²) < 4.78 is 182. The van der Waals surface area contributed by atoms with Crippen LogP contribution in [0, 0.1) is 0 Å². The molecule has 0 aliphatic heterocycles. The van der Waals surface area contributed by atoms with Gasteiger partial charge in [0.2, 0.25) is 0 Å². The summed E-state index contributed by atoms with van der Waals surface area (Å²) in [7, 11) is 0. The van der Waals surface area contributed by atoms with E-state index in [9.17, 15) is 53.1 Å². The van der Waals surface area contributed by atoms with Crippen molar-refractivity contribution in [2.24, 2.45) is 0 Å². The molecule has 0 unspecified atom stereocenters. The highest BCUT2D eigenvalue weighted by Crippen LogP contribution is 2.63. The molecular formula is C23H15F13O2. The Morgan fingerprint density at radius 3 is 1.71 bits per heavy atom. The second-order valence-electron chi connectivity index (χ2n) is 7.68. The molecule has 0 saturated carbocycles. The Hall–Kier alpha value is -3.26. The van der Waals surface area contributed by atoms with Crippen LogP contribution in [0.1, 0.15) is 18.1 Å². The molecule has 0 saturated heterocycles. The van der Waals surface area contributed by atoms with Crippen molar-refractivity contribution in [3.05, 3.63) is 66.2 Å². The van der Waals surface area contributed by atoms with Gasteiger partial charge in [-0.1, -0.05) is 49.9 Å². The van der Waals surface area contributed by atoms with Crippen LogP contribution in [-0.2, 0) is 17.1 Å². The zero-order valence-corrected chi connectivity index (χ0v) is 18.8. The van der Waals surface area contributed by atoms with E-state index in [1.54, 1.807) is 0 Å². The zero-order chi connectivity index (χ0) is 29.5. The van der Waals surface area contributed by atoms with Crippen LogP contribution in [0.25, 0.3) is 11.1 Å². The Balaban J connectivity index is 2.87. The molecule has 0 N–H and O–H groups in total. The smallest absolute Gasteiger partial charge is 0.423 e. The van der Waals surface area contributed by atoms with Gasteiger partial charge in [-0.2, -0.15) is 57.1 Å². The van der Waals surface area contributed by atoms with Crippen LogP contribution < -0.4 is 4.74 Å². The van der Waals surface area contributed by atoms with E-state index in [4.69, 9.17) is 0 Å². The van der Waals surface area contributed by atoms with E-state index in [2.05, 4.69) is 11.3 Å². The third-order valence-corrected chi connectivity index (χ3v) is 5.34. The number of carbonyl (C=O) groups excluding carboxylic acids is 1. The average molecular weight is 570 g/mol. The summed E-state index contributed by atoms with van der Waals surface area (Å²) >= 11 is 0. The lowest BCUT2D eigenvalue weighted by Crippen LogP contribution is -2.69. The molecule has 0 fully saturated rings. The molecule has 2 aromatic rings. The monoisotopic (exact) mass is 570 g/mol. The van der Waals surface area contributed by atoms with Crippen molar-refractivity contribution in [1.29, 1.82) is 0 Å². The SMILES string of the molecule is C=CC(=O)Oc1c(C(F)(F)C(F)(F)C(F)(F)C(F)(F)C(F)(F)C(F)(F)F)ccc(-c2ccccc2)c1CC. The van der Waals surface area contributed by atoms with Crippen molar-refractivity contribution in [3.63, 3.8) is 0 Å². The zero-order valence-electron chi connectivity index (χ0n) is 18.8. The fraction of sp³-hybridized carbons (Fsp3) is 0.348. The molecule has 0 amide bonds. The van der Waals surface area contributed by atoms with Gasteiger partial charge in [0.1, 0.15) is 5.75 Å². The number of esters is 1. The third kappa shape index (κ3) is 4.59. The summed E-state index contributed by atoms with van der Waals surface area (Å²) in [5.74, 6) is -41.2. The molecule has 15 heteroatoms. The minimum atomic E-state index is -8.05. The van der Waals surface area contributed by atoms with Gasteiger partial charge in [0.25, 0.3) is 0 Å². The molecular weight excluding hydrogens is 555 g/mol. The van der Waals surface area contributed by atoms with Crippen LogP contribution in [0.5, 0.6) is 5.75 Å². The van der Waals surface area contributed by atoms with E-state index in [0.717, 1.165) is 0 Å². The van der Waals surface area contributed by atoms with Crippen LogP contribution in [-0.4, -0.2) is 35.8 Å². The number of ether oxygens (including phenoxy) is 1. The van der Waals surface area contributed by atoms with Crippen LogP contribution in [0.3, 0.4) is 0 Å². The number of rotatable bonds is 9. The summed E-state index contributed by atoms with van der Waals surface area (Å²) in [5, 5.41) is 0. The minimum absolute atomic E-state index is 0.0305. The minimum Gasteiger partial charge on any atom is -0.423 e. The Labute approximate surface area is 205 Å². The molecule has 0 heterocycles. The largest absolute Gasteiger partial charge is 0.460 e. The molecule has 0 aromatic heterocycles. The topological polar surface area (TPSA) is 26.3 Å². The molecule has 2 nitrogen and oxygen atoms in total. The van der Waals surface area contributed by atoms with Gasteiger partial charge in [0.05, 0.1) is 5.56 Å². The van der Waals surface area contributed by atoms with Crippen molar-refractivity contribution in [3.8, 4) is 16.9 Å². The number of carbonyl (C=O) groups is 1. The molecule has 210 valence electrons. The van der Waals surface area contributed by atoms with Crippen molar-refractivity contribution < 1.29 is 66.6 Å². The maximum absolute atomic E-state index is 15.0. The van der Waals surface area contributed by atoms with Gasteiger partial charge in [-0.25, -0.2) is 4.79 Å². The van der Waals surface area contributed by atoms with Crippen LogP contribution in [0.15, 0.2) is 55.1 Å². The molecule has 2 aromatic carbocycles. The number of hydrogen-bond donors (Lipinski definition) is 0. The second kappa shape index (κ2) is 9.80. The van der Waals surface area contributed by atoms with Gasteiger partial charge in [-0.05, 0) is 23.6 Å². The van der Waals surface area contributed by atoms with Crippen LogP contribution >= 0.6 is 0 Å². The van der Waals surface area contributed by atoms with Crippen molar-refractivity contribution >= 4 is 5.97 Å². The van der Waals surface area contributed by atoms with Crippen molar-refractivity contribution in [2.75, 3.05) is 0 Å². The highest BCUT2D eigenvalue weighted by Gasteiger charge is 2.91. The molecule has 38 heavy (non-hydrogen) atoms. The van der Waals surface area contributed by atoms with E-state index in [1.807, 2.05) is 0 Å². The van der Waals surface area contributed by atoms with Gasteiger partial charge in [-0.15, -0.1) is 0 Å². The third-order valence-electron chi connectivity index (χ3n) is 5.34. The predicted octanol–water partition coefficient (Wildman–Crippen LogP) is 8.20. The molecule has 2 rings (SSSR count). The summed E-state index contributed by atoms with van der Waals surface area (Å²) in [6.45, 7) is 4.14. The Morgan fingerprint density at radius 1 is 0.763 bits per heavy atom. The van der Waals surface area contributed by atoms with Crippen molar-refractivity contribution in [2.45, 2.75) is 49.1 Å². The predicted molar refractivity (Wildman–Crippen MR) is 107 cm³/mol. The molecule has 0 bridgehead atoms. The Morgan fingerprint density at radius 2 is 1.26 bits per heavy atom. The van der Waals surface area contributed by atoms with Crippen LogP contribution in [0.4, 0.5) is 57.1 Å². The normalized spacial score (nSPS) is 13.8. The highest BCUT2D eigenvalue weighted by atomic mass is 19.4. The highest BCUT2D eigenvalue weighted by molar-refractivity contribution is 5.85. The molecule has 0 aliphatic carbocycles. The lowest BCUT2D eigenvalue weighted by molar-refractivity contribution is -0.441. The quantitative estimate of drug-likeness (QED) is 0.132. The van der Waals surface area contributed by atoms with Gasteiger partial charge in [-0.3, -0.25) is 0 Å². The maximum Gasteiger partial charge on any atom is 0.460 e. The van der Waals surface area contributed by atoms with E-state index in [1.165, 1.54) is 37.3 Å². The molecule has 0 radical (unpaired) electrons. The van der Waals surface area contributed by atoms with Crippen LogP contribution in [0.2, 0.25) is 0 Å². The number of hydrogen-bond acceptors (Lipinski definition) is 2. The first kappa shape index (κ1) is 31.0. The second-order valence-corrected chi connectivity index (χ2v) is 7.68. The van der Waals surface area contributed by atoms with E-state index in [0.29, 0.717) is 12.1 Å². The first-order chi connectivity index (χ1) is 17.1. The summed E-state index contributed by atoms with van der Waals surface area (Å²) in [6.07, 6.45) is -7.62. The fourth-order valence-electron chi connectivity index (χ4n) is 3.31.